The molecule has 1 spiro atoms. The molecule has 17 heavy (non-hydrogen) atoms. The van der Waals surface area contributed by atoms with E-state index in [2.05, 4.69) is 22.9 Å². The predicted octanol–water partition coefficient (Wildman–Crippen LogP) is 3.97. The van der Waals surface area contributed by atoms with Crippen LogP contribution in [0.1, 0.15) is 43.0 Å². The second-order valence-corrected chi connectivity index (χ2v) is 6.16. The molecule has 1 fully saturated rings. The molecule has 0 bridgehead atoms. The van der Waals surface area contributed by atoms with Gasteiger partial charge in [0.15, 0.2) is 5.60 Å². The second-order valence-electron chi connectivity index (χ2n) is 5.25. The van der Waals surface area contributed by atoms with E-state index in [0.29, 0.717) is 5.92 Å². The summed E-state index contributed by atoms with van der Waals surface area (Å²) in [6.07, 6.45) is 3.89. The molecule has 0 saturated heterocycles. The second kappa shape index (κ2) is 3.84. The molecule has 2 nitrogen and oxygen atoms in total. The molecule has 0 aromatic heterocycles. The lowest BCUT2D eigenvalue weighted by Gasteiger charge is -2.33. The van der Waals surface area contributed by atoms with Crippen LogP contribution in [0.2, 0.25) is 0 Å². The summed E-state index contributed by atoms with van der Waals surface area (Å²) >= 11 is 3.41. The highest BCUT2D eigenvalue weighted by atomic mass is 79.9. The largest absolute Gasteiger partial charge is 0.478 e. The van der Waals surface area contributed by atoms with Crippen molar-refractivity contribution in [3.63, 3.8) is 0 Å². The van der Waals surface area contributed by atoms with Crippen LogP contribution in [-0.2, 0) is 0 Å². The standard InChI is InChI=1S/C14H15BrO2/c1-9-4-6-14(7-5-9)13(16)11-8-10(15)2-3-12(11)17-14/h2-3,8-9H,4-7H2,1H3. The molecule has 90 valence electrons. The average molecular weight is 295 g/mol. The number of halogens is 1. The van der Waals surface area contributed by atoms with Gasteiger partial charge in [-0.25, -0.2) is 0 Å². The van der Waals surface area contributed by atoms with Crippen molar-refractivity contribution in [2.75, 3.05) is 0 Å². The zero-order chi connectivity index (χ0) is 12.0. The Kier molecular flexibility index (Phi) is 2.54. The summed E-state index contributed by atoms with van der Waals surface area (Å²) in [4.78, 5) is 12.5. The highest BCUT2D eigenvalue weighted by molar-refractivity contribution is 9.10. The van der Waals surface area contributed by atoms with Gasteiger partial charge in [0.2, 0.25) is 5.78 Å². The fraction of sp³-hybridized carbons (Fsp3) is 0.500. The highest BCUT2D eigenvalue weighted by Gasteiger charge is 2.49. The topological polar surface area (TPSA) is 26.3 Å². The smallest absolute Gasteiger partial charge is 0.210 e. The van der Waals surface area contributed by atoms with Crippen molar-refractivity contribution in [2.45, 2.75) is 38.2 Å². The van der Waals surface area contributed by atoms with Gasteiger partial charge in [-0.2, -0.15) is 0 Å². The molecule has 2 aliphatic rings. The third-order valence-electron chi connectivity index (χ3n) is 3.99. The third-order valence-corrected chi connectivity index (χ3v) is 4.48. The van der Waals surface area contributed by atoms with Gasteiger partial charge >= 0.3 is 0 Å². The van der Waals surface area contributed by atoms with Crippen LogP contribution >= 0.6 is 15.9 Å². The first-order valence-electron chi connectivity index (χ1n) is 6.14. The van der Waals surface area contributed by atoms with Crippen molar-refractivity contribution in [1.82, 2.24) is 0 Å². The Labute approximate surface area is 109 Å². The molecule has 0 atom stereocenters. The van der Waals surface area contributed by atoms with Crippen molar-refractivity contribution in [1.29, 1.82) is 0 Å². The van der Waals surface area contributed by atoms with E-state index in [0.717, 1.165) is 41.5 Å². The highest BCUT2D eigenvalue weighted by Crippen LogP contribution is 2.45. The number of carbonyl (C=O) groups excluding carboxylic acids is 1. The molecule has 3 heteroatoms. The van der Waals surface area contributed by atoms with Gasteiger partial charge in [-0.3, -0.25) is 4.79 Å². The molecule has 1 aliphatic carbocycles. The van der Waals surface area contributed by atoms with Gasteiger partial charge < -0.3 is 4.74 Å². The summed E-state index contributed by atoms with van der Waals surface area (Å²) in [6.45, 7) is 2.25. The number of hydrogen-bond acceptors (Lipinski definition) is 2. The molecule has 1 aromatic carbocycles. The molecule has 0 unspecified atom stereocenters. The molecule has 3 rings (SSSR count). The molecule has 1 aliphatic heterocycles. The van der Waals surface area contributed by atoms with Crippen LogP contribution in [0.3, 0.4) is 0 Å². The molecule has 1 aromatic rings. The zero-order valence-corrected chi connectivity index (χ0v) is 11.4. The first kappa shape index (κ1) is 11.3. The van der Waals surface area contributed by atoms with Crippen LogP contribution in [0.25, 0.3) is 0 Å². The van der Waals surface area contributed by atoms with Crippen LogP contribution < -0.4 is 4.74 Å². The predicted molar refractivity (Wildman–Crippen MR) is 69.5 cm³/mol. The van der Waals surface area contributed by atoms with Crippen molar-refractivity contribution < 1.29 is 9.53 Å². The van der Waals surface area contributed by atoms with Crippen molar-refractivity contribution in [2.24, 2.45) is 5.92 Å². The van der Waals surface area contributed by atoms with Gasteiger partial charge in [-0.05, 0) is 49.8 Å². The van der Waals surface area contributed by atoms with E-state index in [-0.39, 0.29) is 5.78 Å². The summed E-state index contributed by atoms with van der Waals surface area (Å²) in [5.74, 6) is 1.65. The summed E-state index contributed by atoms with van der Waals surface area (Å²) in [6, 6.07) is 5.70. The Balaban J connectivity index is 1.96. The Bertz CT molecular complexity index is 473. The van der Waals surface area contributed by atoms with Gasteiger partial charge in [0.05, 0.1) is 5.56 Å². The monoisotopic (exact) mass is 294 g/mol. The van der Waals surface area contributed by atoms with E-state index >= 15 is 0 Å². The van der Waals surface area contributed by atoms with E-state index in [1.807, 2.05) is 18.2 Å². The van der Waals surface area contributed by atoms with E-state index in [4.69, 9.17) is 4.74 Å². The minimum absolute atomic E-state index is 0.181. The molecular formula is C14H15BrO2. The Hall–Kier alpha value is -0.830. The SMILES string of the molecule is CC1CCC2(CC1)Oc1ccc(Br)cc1C2=O. The maximum Gasteiger partial charge on any atom is 0.210 e. The fourth-order valence-electron chi connectivity index (χ4n) is 2.83. The van der Waals surface area contributed by atoms with E-state index in [1.165, 1.54) is 0 Å². The average Bonchev–Trinajstić information content (AvgIpc) is 2.58. The van der Waals surface area contributed by atoms with Crippen LogP contribution in [-0.4, -0.2) is 11.4 Å². The van der Waals surface area contributed by atoms with Crippen LogP contribution in [0, 0.1) is 5.92 Å². The van der Waals surface area contributed by atoms with E-state index < -0.39 is 5.60 Å². The lowest BCUT2D eigenvalue weighted by molar-refractivity contribution is 0.0321. The summed E-state index contributed by atoms with van der Waals surface area (Å²) in [7, 11) is 0. The van der Waals surface area contributed by atoms with E-state index in [9.17, 15) is 4.79 Å². The van der Waals surface area contributed by atoms with Gasteiger partial charge in [-0.1, -0.05) is 22.9 Å². The van der Waals surface area contributed by atoms with Crippen molar-refractivity contribution >= 4 is 21.7 Å². The molecule has 0 amide bonds. The van der Waals surface area contributed by atoms with E-state index in [1.54, 1.807) is 0 Å². The normalized spacial score (nSPS) is 31.4. The number of Topliss-reactive ketones (excluding diaryl/α,β-unsaturated/α-hetero) is 1. The van der Waals surface area contributed by atoms with Crippen LogP contribution in [0.5, 0.6) is 5.75 Å². The minimum Gasteiger partial charge on any atom is -0.478 e. The number of ether oxygens (including phenoxy) is 1. The first-order chi connectivity index (χ1) is 8.11. The fourth-order valence-corrected chi connectivity index (χ4v) is 3.19. The van der Waals surface area contributed by atoms with Gasteiger partial charge in [0.1, 0.15) is 5.75 Å². The lowest BCUT2D eigenvalue weighted by Crippen LogP contribution is -2.43. The summed E-state index contributed by atoms with van der Waals surface area (Å²) < 4.78 is 6.92. The van der Waals surface area contributed by atoms with Crippen LogP contribution in [0.15, 0.2) is 22.7 Å². The van der Waals surface area contributed by atoms with Gasteiger partial charge in [0.25, 0.3) is 0 Å². The minimum atomic E-state index is -0.546. The molecule has 0 N–H and O–H groups in total. The zero-order valence-electron chi connectivity index (χ0n) is 9.83. The maximum atomic E-state index is 12.5. The number of carbonyl (C=O) groups is 1. The Morgan fingerprint density at radius 1 is 1.35 bits per heavy atom. The maximum absolute atomic E-state index is 12.5. The number of ketones is 1. The molecule has 0 radical (unpaired) electrons. The number of rotatable bonds is 0. The Morgan fingerprint density at radius 3 is 2.76 bits per heavy atom. The third kappa shape index (κ3) is 1.71. The van der Waals surface area contributed by atoms with Gasteiger partial charge in [0, 0.05) is 4.47 Å². The molecule has 1 heterocycles. The summed E-state index contributed by atoms with van der Waals surface area (Å²) in [5.41, 5.74) is 0.198. The number of fused-ring (bicyclic) bond motifs is 1. The Morgan fingerprint density at radius 2 is 2.06 bits per heavy atom. The van der Waals surface area contributed by atoms with Gasteiger partial charge in [-0.15, -0.1) is 0 Å². The lowest BCUT2D eigenvalue weighted by atomic mass is 9.77. The van der Waals surface area contributed by atoms with Crippen LogP contribution in [0.4, 0.5) is 0 Å². The van der Waals surface area contributed by atoms with Crippen molar-refractivity contribution in [3.05, 3.63) is 28.2 Å². The van der Waals surface area contributed by atoms with Crippen molar-refractivity contribution in [3.8, 4) is 5.75 Å². The number of benzene rings is 1. The quantitative estimate of drug-likeness (QED) is 0.724. The number of hydrogen-bond donors (Lipinski definition) is 0. The molecular weight excluding hydrogens is 280 g/mol. The molecule has 1 saturated carbocycles. The summed E-state index contributed by atoms with van der Waals surface area (Å²) in [5, 5.41) is 0. The first-order valence-corrected chi connectivity index (χ1v) is 6.93.